The zero-order valence-corrected chi connectivity index (χ0v) is 8.90. The molecule has 0 amide bonds. The van der Waals surface area contributed by atoms with Crippen LogP contribution in [-0.4, -0.2) is 19.6 Å². The molecule has 0 atom stereocenters. The zero-order chi connectivity index (χ0) is 11.2. The first-order valence-corrected chi connectivity index (χ1v) is 4.75. The van der Waals surface area contributed by atoms with E-state index in [-0.39, 0.29) is 17.4 Å². The van der Waals surface area contributed by atoms with Crippen molar-refractivity contribution in [3.8, 4) is 0 Å². The van der Waals surface area contributed by atoms with E-state index in [0.717, 1.165) is 5.82 Å². The summed E-state index contributed by atoms with van der Waals surface area (Å²) in [4.78, 5) is 18.4. The Kier molecular flexibility index (Phi) is 1.99. The van der Waals surface area contributed by atoms with Crippen molar-refractivity contribution in [3.63, 3.8) is 0 Å². The van der Waals surface area contributed by atoms with Gasteiger partial charge in [-0.05, 0) is 6.92 Å². The van der Waals surface area contributed by atoms with Crippen LogP contribution in [0.2, 0.25) is 0 Å². The van der Waals surface area contributed by atoms with Crippen LogP contribution in [0.25, 0.3) is 5.52 Å². The highest BCUT2D eigenvalue weighted by Crippen LogP contribution is 2.15. The van der Waals surface area contributed by atoms with Crippen LogP contribution in [0.3, 0.4) is 0 Å². The Balaban J connectivity index is 2.93. The van der Waals surface area contributed by atoms with E-state index in [9.17, 15) is 4.79 Å². The van der Waals surface area contributed by atoms with Gasteiger partial charge in [-0.15, -0.1) is 5.10 Å². The van der Waals surface area contributed by atoms with E-state index < -0.39 is 0 Å². The molecule has 0 aliphatic carbocycles. The van der Waals surface area contributed by atoms with Gasteiger partial charge in [0.25, 0.3) is 5.56 Å². The van der Waals surface area contributed by atoms with Gasteiger partial charge in [0.1, 0.15) is 5.82 Å². The predicted molar refractivity (Wildman–Crippen MR) is 56.8 cm³/mol. The van der Waals surface area contributed by atoms with Crippen LogP contribution in [0.1, 0.15) is 31.3 Å². The minimum Gasteiger partial charge on any atom is -0.368 e. The highest BCUT2D eigenvalue weighted by atomic mass is 16.1. The number of rotatable bonds is 1. The molecule has 0 aromatic carbocycles. The van der Waals surface area contributed by atoms with Crippen LogP contribution in [0, 0.1) is 6.92 Å². The van der Waals surface area contributed by atoms with E-state index in [0.29, 0.717) is 11.2 Å². The summed E-state index contributed by atoms with van der Waals surface area (Å²) < 4.78 is 1.52. The zero-order valence-electron chi connectivity index (χ0n) is 8.90. The van der Waals surface area contributed by atoms with Gasteiger partial charge in [0.15, 0.2) is 5.52 Å². The minimum absolute atomic E-state index is 0.104. The Morgan fingerprint density at radius 1 is 1.47 bits per heavy atom. The van der Waals surface area contributed by atoms with Crippen molar-refractivity contribution in [3.05, 3.63) is 21.9 Å². The normalized spacial score (nSPS) is 11.5. The van der Waals surface area contributed by atoms with Crippen LogP contribution in [-0.2, 0) is 0 Å². The lowest BCUT2D eigenvalue weighted by atomic mass is 10.2. The summed E-state index contributed by atoms with van der Waals surface area (Å²) >= 11 is 0. The smallest absolute Gasteiger partial charge is 0.278 e. The average Bonchev–Trinajstić information content (AvgIpc) is 2.42. The van der Waals surface area contributed by atoms with Gasteiger partial charge in [-0.3, -0.25) is 9.78 Å². The standard InChI is InChI=1S/C9H13N5O/c1-4(2)7-11-5(3)6-8(15)12-9(10)13-14(6)7/h4H,1-3H3,(H3,10,12,13,15). The third kappa shape index (κ3) is 1.38. The maximum Gasteiger partial charge on any atom is 0.278 e. The summed E-state index contributed by atoms with van der Waals surface area (Å²) in [6.45, 7) is 5.77. The first-order valence-electron chi connectivity index (χ1n) is 4.75. The highest BCUT2D eigenvalue weighted by Gasteiger charge is 2.15. The molecule has 6 heteroatoms. The quantitative estimate of drug-likeness (QED) is 0.709. The highest BCUT2D eigenvalue weighted by molar-refractivity contribution is 5.50. The number of aryl methyl sites for hydroxylation is 1. The van der Waals surface area contributed by atoms with Crippen molar-refractivity contribution in [1.29, 1.82) is 0 Å². The fourth-order valence-electron chi connectivity index (χ4n) is 1.58. The van der Waals surface area contributed by atoms with E-state index in [4.69, 9.17) is 5.73 Å². The van der Waals surface area contributed by atoms with Crippen LogP contribution in [0.5, 0.6) is 0 Å². The van der Waals surface area contributed by atoms with Gasteiger partial charge in [-0.2, -0.15) is 0 Å². The van der Waals surface area contributed by atoms with Gasteiger partial charge in [-0.25, -0.2) is 9.50 Å². The molecule has 0 spiro atoms. The van der Waals surface area contributed by atoms with E-state index in [1.807, 2.05) is 13.8 Å². The molecule has 2 heterocycles. The number of hydrogen-bond acceptors (Lipinski definition) is 4. The van der Waals surface area contributed by atoms with Gasteiger partial charge in [0, 0.05) is 5.92 Å². The Bertz CT molecular complexity index is 566. The summed E-state index contributed by atoms with van der Waals surface area (Å²) in [6, 6.07) is 0. The van der Waals surface area contributed by atoms with Crippen LogP contribution < -0.4 is 11.3 Å². The minimum atomic E-state index is -0.251. The Labute approximate surface area is 86.1 Å². The summed E-state index contributed by atoms with van der Waals surface area (Å²) in [5, 5.41) is 4.05. The second-order valence-electron chi connectivity index (χ2n) is 3.81. The van der Waals surface area contributed by atoms with E-state index in [1.54, 1.807) is 6.92 Å². The lowest BCUT2D eigenvalue weighted by Gasteiger charge is -2.02. The Morgan fingerprint density at radius 2 is 2.13 bits per heavy atom. The molecular formula is C9H13N5O. The fourth-order valence-corrected chi connectivity index (χ4v) is 1.58. The van der Waals surface area contributed by atoms with Crippen molar-refractivity contribution in [1.82, 2.24) is 19.6 Å². The van der Waals surface area contributed by atoms with E-state index >= 15 is 0 Å². The summed E-state index contributed by atoms with van der Waals surface area (Å²) in [5.74, 6) is 1.05. The molecule has 3 N–H and O–H groups in total. The van der Waals surface area contributed by atoms with Gasteiger partial charge in [-0.1, -0.05) is 13.8 Å². The van der Waals surface area contributed by atoms with Crippen molar-refractivity contribution >= 4 is 11.5 Å². The molecule has 2 rings (SSSR count). The fraction of sp³-hybridized carbons (Fsp3) is 0.444. The summed E-state index contributed by atoms with van der Waals surface area (Å²) in [6.07, 6.45) is 0. The predicted octanol–water partition coefficient (Wildman–Crippen LogP) is 0.432. The number of nitrogens with one attached hydrogen (secondary N) is 1. The first kappa shape index (κ1) is 9.70. The molecule has 0 radical (unpaired) electrons. The molecule has 2 aromatic heterocycles. The number of H-pyrrole nitrogens is 1. The number of nitrogens with zero attached hydrogens (tertiary/aromatic N) is 3. The number of aromatic nitrogens is 4. The van der Waals surface area contributed by atoms with Gasteiger partial charge in [0.05, 0.1) is 5.69 Å². The van der Waals surface area contributed by atoms with Crippen molar-refractivity contribution in [2.24, 2.45) is 0 Å². The van der Waals surface area contributed by atoms with E-state index in [2.05, 4.69) is 15.1 Å². The van der Waals surface area contributed by atoms with Crippen LogP contribution >= 0.6 is 0 Å². The number of anilines is 1. The SMILES string of the molecule is Cc1nc(C(C)C)n2nc(N)[nH]c(=O)c12. The monoisotopic (exact) mass is 207 g/mol. The van der Waals surface area contributed by atoms with Crippen molar-refractivity contribution < 1.29 is 0 Å². The number of imidazole rings is 1. The van der Waals surface area contributed by atoms with Gasteiger partial charge >= 0.3 is 0 Å². The third-order valence-electron chi connectivity index (χ3n) is 2.23. The third-order valence-corrected chi connectivity index (χ3v) is 2.23. The van der Waals surface area contributed by atoms with E-state index in [1.165, 1.54) is 4.52 Å². The molecule has 80 valence electrons. The van der Waals surface area contributed by atoms with Crippen LogP contribution in [0.15, 0.2) is 4.79 Å². The van der Waals surface area contributed by atoms with Gasteiger partial charge in [0.2, 0.25) is 5.95 Å². The number of hydrogen-bond donors (Lipinski definition) is 2. The second-order valence-corrected chi connectivity index (χ2v) is 3.81. The van der Waals surface area contributed by atoms with Crippen molar-refractivity contribution in [2.45, 2.75) is 26.7 Å². The largest absolute Gasteiger partial charge is 0.368 e. The maximum absolute atomic E-state index is 11.6. The molecule has 2 aromatic rings. The molecule has 0 unspecified atom stereocenters. The van der Waals surface area contributed by atoms with Crippen molar-refractivity contribution in [2.75, 3.05) is 5.73 Å². The number of aromatic amines is 1. The van der Waals surface area contributed by atoms with Crippen LogP contribution in [0.4, 0.5) is 5.95 Å². The molecule has 6 nitrogen and oxygen atoms in total. The number of fused-ring (bicyclic) bond motifs is 1. The molecule has 0 aliphatic rings. The molecule has 15 heavy (non-hydrogen) atoms. The molecule has 0 fully saturated rings. The first-order chi connectivity index (χ1) is 7.00. The second kappa shape index (κ2) is 3.08. The molecule has 0 saturated heterocycles. The lowest BCUT2D eigenvalue weighted by Crippen LogP contribution is -2.16. The Morgan fingerprint density at radius 3 is 2.73 bits per heavy atom. The molecule has 0 saturated carbocycles. The maximum atomic E-state index is 11.6. The number of nitrogens with two attached hydrogens (primary N) is 1. The Hall–Kier alpha value is -1.85. The summed E-state index contributed by atoms with van der Waals surface area (Å²) in [7, 11) is 0. The average molecular weight is 207 g/mol. The molecule has 0 bridgehead atoms. The molecule has 0 aliphatic heterocycles. The topological polar surface area (TPSA) is 89.1 Å². The van der Waals surface area contributed by atoms with Gasteiger partial charge < -0.3 is 5.73 Å². The summed E-state index contributed by atoms with van der Waals surface area (Å²) in [5.41, 5.74) is 6.38. The molecular weight excluding hydrogens is 194 g/mol. The lowest BCUT2D eigenvalue weighted by molar-refractivity contribution is 0.721. The number of nitrogen functional groups attached to an aromatic ring is 1.